The molecule has 3 rings (SSSR count). The fraction of sp³-hybridized carbons (Fsp3) is 0.481. The van der Waals surface area contributed by atoms with E-state index in [1.165, 1.54) is 4.90 Å². The third-order valence-electron chi connectivity index (χ3n) is 6.78. The standard InChI is InChI=1S/C27H33ClF3N3O4S/c1-4-23(26(36)32-21-7-5-6-8-21)33(16-19-11-9-18(2)10-12-19)25(35)17-34(39(3,37)38)24-15-20(27(29,30)31)13-14-22(24)28/h9-15,21,23H,4-8,16-17H2,1-3H3,(H,32,36)/t23-/m1/s1. The molecule has 7 nitrogen and oxygen atoms in total. The van der Waals surface area contributed by atoms with Crippen LogP contribution in [0.25, 0.3) is 0 Å². The molecule has 1 fully saturated rings. The van der Waals surface area contributed by atoms with Crippen LogP contribution in [0.15, 0.2) is 42.5 Å². The molecule has 0 saturated heterocycles. The van der Waals surface area contributed by atoms with Gasteiger partial charge in [-0.05, 0) is 49.9 Å². The molecule has 2 aromatic rings. The van der Waals surface area contributed by atoms with Gasteiger partial charge in [0.1, 0.15) is 12.6 Å². The lowest BCUT2D eigenvalue weighted by Gasteiger charge is -2.33. The van der Waals surface area contributed by atoms with Crippen molar-refractivity contribution in [1.29, 1.82) is 0 Å². The maximum absolute atomic E-state index is 13.8. The van der Waals surface area contributed by atoms with Crippen LogP contribution >= 0.6 is 11.6 Å². The van der Waals surface area contributed by atoms with Crippen LogP contribution in [0.4, 0.5) is 18.9 Å². The predicted octanol–water partition coefficient (Wildman–Crippen LogP) is 5.30. The van der Waals surface area contributed by atoms with Crippen LogP contribution in [-0.2, 0) is 32.3 Å². The molecule has 1 N–H and O–H groups in total. The number of benzene rings is 2. The van der Waals surface area contributed by atoms with Gasteiger partial charge in [-0.1, -0.05) is 61.2 Å². The number of carbonyl (C=O) groups is 2. The lowest BCUT2D eigenvalue weighted by atomic mass is 10.1. The van der Waals surface area contributed by atoms with Crippen LogP contribution in [0.5, 0.6) is 0 Å². The molecule has 1 saturated carbocycles. The van der Waals surface area contributed by atoms with Gasteiger partial charge in [0.05, 0.1) is 22.5 Å². The Balaban J connectivity index is 1.99. The Bertz CT molecular complexity index is 1280. The molecule has 39 heavy (non-hydrogen) atoms. The highest BCUT2D eigenvalue weighted by Gasteiger charge is 2.35. The summed E-state index contributed by atoms with van der Waals surface area (Å²) >= 11 is 6.13. The van der Waals surface area contributed by atoms with Crippen molar-refractivity contribution >= 4 is 39.1 Å². The summed E-state index contributed by atoms with van der Waals surface area (Å²) in [5, 5.41) is 2.73. The number of nitrogens with zero attached hydrogens (tertiary/aromatic N) is 2. The number of rotatable bonds is 10. The molecule has 12 heteroatoms. The number of nitrogens with one attached hydrogen (secondary N) is 1. The summed E-state index contributed by atoms with van der Waals surface area (Å²) in [6.07, 6.45) is -0.0577. The van der Waals surface area contributed by atoms with Crippen molar-refractivity contribution in [3.63, 3.8) is 0 Å². The molecule has 0 heterocycles. The summed E-state index contributed by atoms with van der Waals surface area (Å²) in [6, 6.07) is 8.66. The van der Waals surface area contributed by atoms with Crippen molar-refractivity contribution < 1.29 is 31.2 Å². The number of sulfonamides is 1. The number of halogens is 4. The van der Waals surface area contributed by atoms with Crippen molar-refractivity contribution in [2.45, 2.75) is 70.8 Å². The normalized spacial score (nSPS) is 15.2. The fourth-order valence-electron chi connectivity index (χ4n) is 4.65. The summed E-state index contributed by atoms with van der Waals surface area (Å²) in [6.45, 7) is 2.81. The molecule has 0 bridgehead atoms. The first-order valence-electron chi connectivity index (χ1n) is 12.7. The number of amides is 2. The number of aryl methyl sites for hydroxylation is 1. The van der Waals surface area contributed by atoms with Gasteiger partial charge in [-0.15, -0.1) is 0 Å². The highest BCUT2D eigenvalue weighted by molar-refractivity contribution is 7.92. The zero-order valence-electron chi connectivity index (χ0n) is 22.1. The molecule has 0 unspecified atom stereocenters. The number of anilines is 1. The Hall–Kier alpha value is -2.79. The van der Waals surface area contributed by atoms with Gasteiger partial charge < -0.3 is 10.2 Å². The molecular weight excluding hydrogens is 555 g/mol. The van der Waals surface area contributed by atoms with E-state index in [4.69, 9.17) is 11.6 Å². The zero-order valence-corrected chi connectivity index (χ0v) is 23.7. The van der Waals surface area contributed by atoms with E-state index in [-0.39, 0.29) is 29.9 Å². The van der Waals surface area contributed by atoms with E-state index in [1.54, 1.807) is 19.1 Å². The number of alkyl halides is 3. The van der Waals surface area contributed by atoms with Gasteiger partial charge in [0, 0.05) is 12.6 Å². The summed E-state index contributed by atoms with van der Waals surface area (Å²) < 4.78 is 66.2. The molecule has 2 amide bonds. The Kier molecular flexibility index (Phi) is 9.93. The molecule has 0 aromatic heterocycles. The minimum Gasteiger partial charge on any atom is -0.352 e. The average Bonchev–Trinajstić information content (AvgIpc) is 3.35. The topological polar surface area (TPSA) is 86.8 Å². The first kappa shape index (κ1) is 30.7. The van der Waals surface area contributed by atoms with Crippen LogP contribution in [0.2, 0.25) is 5.02 Å². The van der Waals surface area contributed by atoms with Gasteiger partial charge in [-0.25, -0.2) is 8.42 Å². The van der Waals surface area contributed by atoms with Crippen LogP contribution < -0.4 is 9.62 Å². The van der Waals surface area contributed by atoms with Crippen molar-refractivity contribution in [1.82, 2.24) is 10.2 Å². The van der Waals surface area contributed by atoms with Crippen LogP contribution in [0.3, 0.4) is 0 Å². The second-order valence-electron chi connectivity index (χ2n) is 9.85. The van der Waals surface area contributed by atoms with E-state index >= 15 is 0 Å². The van der Waals surface area contributed by atoms with Gasteiger partial charge in [0.2, 0.25) is 21.8 Å². The Labute approximate surface area is 232 Å². The largest absolute Gasteiger partial charge is 0.416 e. The van der Waals surface area contributed by atoms with Crippen molar-refractivity contribution in [2.24, 2.45) is 0 Å². The fourth-order valence-corrected chi connectivity index (χ4v) is 5.78. The van der Waals surface area contributed by atoms with Gasteiger partial charge >= 0.3 is 6.18 Å². The smallest absolute Gasteiger partial charge is 0.352 e. The zero-order chi connectivity index (χ0) is 29.0. The Morgan fingerprint density at radius 2 is 1.72 bits per heavy atom. The van der Waals surface area contributed by atoms with E-state index < -0.39 is 45.9 Å². The van der Waals surface area contributed by atoms with Crippen LogP contribution in [0.1, 0.15) is 55.7 Å². The molecule has 0 radical (unpaired) electrons. The van der Waals surface area contributed by atoms with Gasteiger partial charge in [-0.3, -0.25) is 13.9 Å². The van der Waals surface area contributed by atoms with Gasteiger partial charge in [0.25, 0.3) is 0 Å². The molecule has 0 spiro atoms. The van der Waals surface area contributed by atoms with Gasteiger partial charge in [0.15, 0.2) is 0 Å². The molecule has 1 aliphatic rings. The van der Waals surface area contributed by atoms with E-state index in [2.05, 4.69) is 5.32 Å². The van der Waals surface area contributed by atoms with E-state index in [0.29, 0.717) is 15.9 Å². The first-order chi connectivity index (χ1) is 18.2. The van der Waals surface area contributed by atoms with E-state index in [0.717, 1.165) is 49.6 Å². The van der Waals surface area contributed by atoms with E-state index in [9.17, 15) is 31.2 Å². The highest BCUT2D eigenvalue weighted by atomic mass is 35.5. The highest BCUT2D eigenvalue weighted by Crippen LogP contribution is 2.36. The molecule has 0 aliphatic heterocycles. The minimum absolute atomic E-state index is 0.000639. The van der Waals surface area contributed by atoms with Crippen molar-refractivity contribution in [3.8, 4) is 0 Å². The maximum atomic E-state index is 13.8. The second kappa shape index (κ2) is 12.6. The van der Waals surface area contributed by atoms with Crippen molar-refractivity contribution in [2.75, 3.05) is 17.1 Å². The van der Waals surface area contributed by atoms with Crippen LogP contribution in [0, 0.1) is 6.92 Å². The Morgan fingerprint density at radius 1 is 1.10 bits per heavy atom. The molecule has 214 valence electrons. The molecule has 1 atom stereocenters. The minimum atomic E-state index is -4.75. The first-order valence-corrected chi connectivity index (χ1v) is 14.9. The number of hydrogen-bond acceptors (Lipinski definition) is 4. The van der Waals surface area contributed by atoms with Crippen molar-refractivity contribution in [3.05, 3.63) is 64.2 Å². The van der Waals surface area contributed by atoms with Crippen LogP contribution in [-0.4, -0.2) is 50.0 Å². The lowest BCUT2D eigenvalue weighted by Crippen LogP contribution is -2.53. The van der Waals surface area contributed by atoms with Gasteiger partial charge in [-0.2, -0.15) is 13.2 Å². The monoisotopic (exact) mass is 587 g/mol. The summed E-state index contributed by atoms with van der Waals surface area (Å²) in [4.78, 5) is 28.3. The SMILES string of the molecule is CC[C@H](C(=O)NC1CCCC1)N(Cc1ccc(C)cc1)C(=O)CN(c1cc(C(F)(F)F)ccc1Cl)S(C)(=O)=O. The average molecular weight is 588 g/mol. The lowest BCUT2D eigenvalue weighted by molar-refractivity contribution is -0.140. The quantitative estimate of drug-likeness (QED) is 0.409. The number of carbonyl (C=O) groups excluding carboxylic acids is 2. The molecule has 2 aromatic carbocycles. The van der Waals surface area contributed by atoms with E-state index in [1.807, 2.05) is 19.1 Å². The summed E-state index contributed by atoms with van der Waals surface area (Å²) in [5.41, 5.74) is 0.122. The predicted molar refractivity (Wildman–Crippen MR) is 145 cm³/mol. The molecular formula is C27H33ClF3N3O4S. The maximum Gasteiger partial charge on any atom is 0.416 e. The summed E-state index contributed by atoms with van der Waals surface area (Å²) in [5.74, 6) is -1.10. The second-order valence-corrected chi connectivity index (χ2v) is 12.2. The third kappa shape index (κ3) is 8.11. The Morgan fingerprint density at radius 3 is 2.26 bits per heavy atom. The summed E-state index contributed by atoms with van der Waals surface area (Å²) in [7, 11) is -4.25. The number of hydrogen-bond donors (Lipinski definition) is 1. The molecule has 1 aliphatic carbocycles. The third-order valence-corrected chi connectivity index (χ3v) is 8.23.